The smallest absolute Gasteiger partial charge is 0.318 e. The van der Waals surface area contributed by atoms with Gasteiger partial charge in [-0.15, -0.1) is 0 Å². The van der Waals surface area contributed by atoms with Crippen LogP contribution >= 0.6 is 11.6 Å². The number of ether oxygens (including phenoxy) is 2. The fraction of sp³-hybridized carbons (Fsp3) is 0.636. The second-order valence-corrected chi connectivity index (χ2v) is 4.42. The summed E-state index contributed by atoms with van der Waals surface area (Å²) in [6.45, 7) is 2.89. The van der Waals surface area contributed by atoms with Crippen molar-refractivity contribution in [2.45, 2.75) is 6.04 Å². The molecule has 0 bridgehead atoms. The van der Waals surface area contributed by atoms with Crippen LogP contribution in [0.5, 0.6) is 6.01 Å². The quantitative estimate of drug-likeness (QED) is 0.865. The van der Waals surface area contributed by atoms with Crippen LogP contribution in [0.2, 0.25) is 5.02 Å². The van der Waals surface area contributed by atoms with E-state index in [9.17, 15) is 0 Å². The summed E-state index contributed by atoms with van der Waals surface area (Å²) in [5.74, 6) is 0.701. The van der Waals surface area contributed by atoms with Crippen molar-refractivity contribution in [1.82, 2.24) is 15.3 Å². The predicted octanol–water partition coefficient (Wildman–Crippen LogP) is 0.563. The van der Waals surface area contributed by atoms with Gasteiger partial charge in [-0.1, -0.05) is 11.6 Å². The molecule has 0 aromatic carbocycles. The first kappa shape index (κ1) is 13.3. The Bertz CT molecular complexity index is 403. The number of hydrogen-bond donors (Lipinski definition) is 1. The molecule has 1 aromatic rings. The summed E-state index contributed by atoms with van der Waals surface area (Å²) in [6.07, 6.45) is 1.56. The molecule has 1 saturated heterocycles. The lowest BCUT2D eigenvalue weighted by molar-refractivity contribution is 0.0938. The number of hydrogen-bond acceptors (Lipinski definition) is 6. The molecule has 1 aliphatic rings. The van der Waals surface area contributed by atoms with Gasteiger partial charge < -0.3 is 19.7 Å². The van der Waals surface area contributed by atoms with Crippen molar-refractivity contribution in [3.63, 3.8) is 0 Å². The number of halogens is 1. The maximum atomic E-state index is 6.17. The van der Waals surface area contributed by atoms with Crippen molar-refractivity contribution in [2.75, 3.05) is 45.4 Å². The number of nitrogens with zero attached hydrogens (tertiary/aromatic N) is 3. The van der Waals surface area contributed by atoms with Gasteiger partial charge in [0, 0.05) is 13.1 Å². The Balaban J connectivity index is 2.26. The summed E-state index contributed by atoms with van der Waals surface area (Å²) in [7, 11) is 3.45. The van der Waals surface area contributed by atoms with Gasteiger partial charge in [-0.25, -0.2) is 4.98 Å². The van der Waals surface area contributed by atoms with Gasteiger partial charge in [0.15, 0.2) is 5.82 Å². The highest BCUT2D eigenvalue weighted by atomic mass is 35.5. The van der Waals surface area contributed by atoms with Crippen molar-refractivity contribution in [1.29, 1.82) is 0 Å². The topological polar surface area (TPSA) is 59.5 Å². The number of methoxy groups -OCH3 is 1. The molecule has 0 spiro atoms. The summed E-state index contributed by atoms with van der Waals surface area (Å²) >= 11 is 6.17. The van der Waals surface area contributed by atoms with E-state index in [0.29, 0.717) is 30.1 Å². The first-order valence-corrected chi connectivity index (χ1v) is 6.19. The number of nitrogens with one attached hydrogen (secondary N) is 1. The average molecular weight is 273 g/mol. The van der Waals surface area contributed by atoms with Crippen LogP contribution in [-0.4, -0.2) is 56.5 Å². The summed E-state index contributed by atoms with van der Waals surface area (Å²) in [5, 5.41) is 3.67. The van der Waals surface area contributed by atoms with Crippen molar-refractivity contribution in [3.05, 3.63) is 11.2 Å². The molecule has 1 N–H and O–H groups in total. The molecule has 1 aliphatic heterocycles. The molecule has 18 heavy (non-hydrogen) atoms. The van der Waals surface area contributed by atoms with Crippen molar-refractivity contribution < 1.29 is 9.47 Å². The van der Waals surface area contributed by atoms with Crippen LogP contribution in [0.15, 0.2) is 6.20 Å². The highest BCUT2D eigenvalue weighted by Gasteiger charge is 2.26. The van der Waals surface area contributed by atoms with E-state index in [-0.39, 0.29) is 6.04 Å². The third-order valence-electron chi connectivity index (χ3n) is 2.83. The molecule has 1 aromatic heterocycles. The van der Waals surface area contributed by atoms with E-state index in [0.717, 1.165) is 13.1 Å². The van der Waals surface area contributed by atoms with E-state index in [1.165, 1.54) is 7.11 Å². The lowest BCUT2D eigenvalue weighted by Crippen LogP contribution is -2.50. The molecule has 7 heteroatoms. The molecular formula is C11H17ClN4O2. The lowest BCUT2D eigenvalue weighted by Gasteiger charge is -2.36. The Hall–Kier alpha value is -1.11. The van der Waals surface area contributed by atoms with Crippen LogP contribution in [0, 0.1) is 0 Å². The average Bonchev–Trinajstić information content (AvgIpc) is 2.41. The monoisotopic (exact) mass is 272 g/mol. The highest BCUT2D eigenvalue weighted by Crippen LogP contribution is 2.27. The third-order valence-corrected chi connectivity index (χ3v) is 3.09. The normalized spacial score (nSPS) is 19.9. The zero-order chi connectivity index (χ0) is 13.0. The lowest BCUT2D eigenvalue weighted by atomic mass is 10.2. The van der Waals surface area contributed by atoms with Gasteiger partial charge in [-0.2, -0.15) is 4.98 Å². The summed E-state index contributed by atoms with van der Waals surface area (Å²) in [6, 6.07) is 0.532. The first-order valence-electron chi connectivity index (χ1n) is 5.81. The van der Waals surface area contributed by atoms with Crippen LogP contribution in [0.3, 0.4) is 0 Å². The maximum Gasteiger partial charge on any atom is 0.318 e. The fourth-order valence-corrected chi connectivity index (χ4v) is 2.18. The molecule has 0 amide bonds. The van der Waals surface area contributed by atoms with Gasteiger partial charge in [-0.05, 0) is 7.05 Å². The first-order chi connectivity index (χ1) is 8.76. The zero-order valence-corrected chi connectivity index (χ0v) is 11.3. The van der Waals surface area contributed by atoms with Crippen LogP contribution < -0.4 is 15.0 Å². The van der Waals surface area contributed by atoms with Gasteiger partial charge >= 0.3 is 6.01 Å². The zero-order valence-electron chi connectivity index (χ0n) is 10.5. The Morgan fingerprint density at radius 3 is 3.22 bits per heavy atom. The number of rotatable bonds is 4. The molecule has 100 valence electrons. The summed E-state index contributed by atoms with van der Waals surface area (Å²) in [4.78, 5) is 10.4. The molecule has 0 aliphatic carbocycles. The minimum absolute atomic E-state index is 0.209. The second kappa shape index (κ2) is 6.17. The van der Waals surface area contributed by atoms with E-state index >= 15 is 0 Å². The predicted molar refractivity (Wildman–Crippen MR) is 69.5 cm³/mol. The van der Waals surface area contributed by atoms with E-state index in [2.05, 4.69) is 20.2 Å². The van der Waals surface area contributed by atoms with Gasteiger partial charge in [0.05, 0.1) is 32.6 Å². The fourth-order valence-electron chi connectivity index (χ4n) is 1.98. The summed E-state index contributed by atoms with van der Waals surface area (Å²) in [5.41, 5.74) is 0. The highest BCUT2D eigenvalue weighted by molar-refractivity contribution is 6.32. The van der Waals surface area contributed by atoms with Crippen molar-refractivity contribution in [2.24, 2.45) is 0 Å². The molecule has 1 unspecified atom stereocenters. The van der Waals surface area contributed by atoms with E-state index in [1.807, 2.05) is 7.05 Å². The van der Waals surface area contributed by atoms with E-state index in [4.69, 9.17) is 21.1 Å². The van der Waals surface area contributed by atoms with E-state index < -0.39 is 0 Å². The maximum absolute atomic E-state index is 6.17. The Kier molecular flexibility index (Phi) is 4.57. The second-order valence-electron chi connectivity index (χ2n) is 4.01. The molecule has 1 fully saturated rings. The minimum Gasteiger partial charge on any atom is -0.467 e. The molecular weight excluding hydrogens is 256 g/mol. The molecule has 0 radical (unpaired) electrons. The van der Waals surface area contributed by atoms with Crippen LogP contribution in [0.4, 0.5) is 5.82 Å². The number of morpholine rings is 1. The van der Waals surface area contributed by atoms with Crippen LogP contribution in [0.1, 0.15) is 0 Å². The molecule has 6 nitrogen and oxygen atoms in total. The van der Waals surface area contributed by atoms with Crippen molar-refractivity contribution in [3.8, 4) is 6.01 Å². The van der Waals surface area contributed by atoms with Crippen molar-refractivity contribution >= 4 is 17.4 Å². The Morgan fingerprint density at radius 1 is 1.67 bits per heavy atom. The van der Waals surface area contributed by atoms with Crippen LogP contribution in [-0.2, 0) is 4.74 Å². The molecule has 1 atom stereocenters. The molecule has 2 rings (SSSR count). The SMILES string of the molecule is CNCC1COCCN1c1nc(OC)ncc1Cl. The third kappa shape index (κ3) is 2.82. The van der Waals surface area contributed by atoms with Gasteiger partial charge in [-0.3, -0.25) is 0 Å². The van der Waals surface area contributed by atoms with Gasteiger partial charge in [0.1, 0.15) is 5.02 Å². The van der Waals surface area contributed by atoms with Crippen LogP contribution in [0.25, 0.3) is 0 Å². The number of anilines is 1. The Morgan fingerprint density at radius 2 is 2.50 bits per heavy atom. The van der Waals surface area contributed by atoms with Gasteiger partial charge in [0.25, 0.3) is 0 Å². The minimum atomic E-state index is 0.209. The van der Waals surface area contributed by atoms with Gasteiger partial charge in [0.2, 0.25) is 0 Å². The summed E-state index contributed by atoms with van der Waals surface area (Å²) < 4.78 is 10.5. The standard InChI is InChI=1S/C11H17ClN4O2/c1-13-5-8-7-18-4-3-16(8)10-9(12)6-14-11(15-10)17-2/h6,8,13H,3-5,7H2,1-2H3. The number of likely N-dealkylation sites (N-methyl/N-ethyl adjacent to an activating group) is 1. The van der Waals surface area contributed by atoms with E-state index in [1.54, 1.807) is 6.20 Å². The molecule has 0 saturated carbocycles. The largest absolute Gasteiger partial charge is 0.467 e. The number of aromatic nitrogens is 2. The molecule has 2 heterocycles. The Labute approximate surface area is 111 Å².